The van der Waals surface area contributed by atoms with Gasteiger partial charge in [0.05, 0.1) is 13.3 Å². The van der Waals surface area contributed by atoms with E-state index in [1.165, 1.54) is 19.3 Å². The highest BCUT2D eigenvalue weighted by Crippen LogP contribution is 2.21. The van der Waals surface area contributed by atoms with Crippen molar-refractivity contribution in [1.29, 1.82) is 0 Å². The summed E-state index contributed by atoms with van der Waals surface area (Å²) in [5.41, 5.74) is 0.690. The molecule has 1 aliphatic rings. The van der Waals surface area contributed by atoms with Crippen molar-refractivity contribution in [2.24, 2.45) is 5.10 Å². The minimum atomic E-state index is 0.228. The number of benzene rings is 1. The number of hydrogen-bond donors (Lipinski definition) is 1. The molecule has 17 heavy (non-hydrogen) atoms. The first kappa shape index (κ1) is 11.8. The Labute approximate surface area is 102 Å². The van der Waals surface area contributed by atoms with Crippen LogP contribution in [0, 0.1) is 0 Å². The van der Waals surface area contributed by atoms with Gasteiger partial charge in [-0.3, -0.25) is 5.01 Å². The van der Waals surface area contributed by atoms with Crippen molar-refractivity contribution in [3.63, 3.8) is 0 Å². The topological polar surface area (TPSA) is 45.1 Å². The Morgan fingerprint density at radius 1 is 1.29 bits per heavy atom. The lowest BCUT2D eigenvalue weighted by Gasteiger charge is -2.23. The number of hydrazone groups is 1. The van der Waals surface area contributed by atoms with Crippen LogP contribution in [0.25, 0.3) is 0 Å². The van der Waals surface area contributed by atoms with Crippen LogP contribution in [0.4, 0.5) is 0 Å². The lowest BCUT2D eigenvalue weighted by atomic mass is 10.2. The highest BCUT2D eigenvalue weighted by Gasteiger charge is 2.07. The normalized spacial score (nSPS) is 16.4. The van der Waals surface area contributed by atoms with Crippen molar-refractivity contribution in [1.82, 2.24) is 5.01 Å². The summed E-state index contributed by atoms with van der Waals surface area (Å²) in [7, 11) is 1.61. The Bertz CT molecular complexity index is 398. The predicted octanol–water partition coefficient (Wildman–Crippen LogP) is 2.22. The summed E-state index contributed by atoms with van der Waals surface area (Å²) in [5.74, 6) is 0.953. The fraction of sp³-hybridized carbons (Fsp3) is 0.462. The molecule has 0 bridgehead atoms. The lowest BCUT2D eigenvalue weighted by Crippen LogP contribution is -2.24. The monoisotopic (exact) mass is 234 g/mol. The fourth-order valence-electron chi connectivity index (χ4n) is 1.90. The van der Waals surface area contributed by atoms with Crippen LogP contribution in [0.5, 0.6) is 11.5 Å². The van der Waals surface area contributed by atoms with E-state index in [0.717, 1.165) is 18.8 Å². The van der Waals surface area contributed by atoms with Crippen molar-refractivity contribution in [3.05, 3.63) is 23.8 Å². The van der Waals surface area contributed by atoms with Gasteiger partial charge in [0.2, 0.25) is 0 Å². The molecule has 0 unspecified atom stereocenters. The summed E-state index contributed by atoms with van der Waals surface area (Å²) in [6.07, 6.45) is 5.38. The third kappa shape index (κ3) is 3.12. The number of aromatic hydroxyl groups is 1. The third-order valence-electron chi connectivity index (χ3n) is 2.93. The molecular weight excluding hydrogens is 216 g/mol. The molecule has 0 aliphatic carbocycles. The van der Waals surface area contributed by atoms with Gasteiger partial charge in [0, 0.05) is 18.7 Å². The second kappa shape index (κ2) is 5.57. The number of hydrogen-bond acceptors (Lipinski definition) is 4. The summed E-state index contributed by atoms with van der Waals surface area (Å²) in [5, 5.41) is 16.1. The maximum absolute atomic E-state index is 9.69. The second-order valence-corrected chi connectivity index (χ2v) is 4.18. The molecule has 0 amide bonds. The van der Waals surface area contributed by atoms with Crippen molar-refractivity contribution in [2.45, 2.75) is 19.3 Å². The van der Waals surface area contributed by atoms with Crippen molar-refractivity contribution in [3.8, 4) is 11.5 Å². The second-order valence-electron chi connectivity index (χ2n) is 4.18. The summed E-state index contributed by atoms with van der Waals surface area (Å²) in [6.45, 7) is 2.00. The summed E-state index contributed by atoms with van der Waals surface area (Å²) in [4.78, 5) is 0. The molecule has 0 spiro atoms. The van der Waals surface area contributed by atoms with Crippen LogP contribution < -0.4 is 4.74 Å². The first-order chi connectivity index (χ1) is 8.29. The summed E-state index contributed by atoms with van der Waals surface area (Å²) < 4.78 is 5.12. The Morgan fingerprint density at radius 3 is 2.76 bits per heavy atom. The minimum absolute atomic E-state index is 0.228. The van der Waals surface area contributed by atoms with Gasteiger partial charge < -0.3 is 9.84 Å². The fourth-order valence-corrected chi connectivity index (χ4v) is 1.90. The Hall–Kier alpha value is -1.71. The van der Waals surface area contributed by atoms with E-state index >= 15 is 0 Å². The maximum Gasteiger partial charge on any atom is 0.124 e. The molecule has 0 saturated carbocycles. The van der Waals surface area contributed by atoms with Crippen LogP contribution in [0.2, 0.25) is 0 Å². The van der Waals surface area contributed by atoms with Crippen molar-refractivity contribution in [2.75, 3.05) is 20.2 Å². The van der Waals surface area contributed by atoms with Gasteiger partial charge >= 0.3 is 0 Å². The first-order valence-electron chi connectivity index (χ1n) is 5.95. The molecule has 1 heterocycles. The van der Waals surface area contributed by atoms with Crippen LogP contribution >= 0.6 is 0 Å². The number of ether oxygens (including phenoxy) is 1. The lowest BCUT2D eigenvalue weighted by molar-refractivity contribution is 0.240. The van der Waals surface area contributed by atoms with Crippen LogP contribution in [-0.4, -0.2) is 36.5 Å². The molecule has 1 saturated heterocycles. The Kier molecular flexibility index (Phi) is 3.85. The number of piperidine rings is 1. The van der Waals surface area contributed by atoms with E-state index in [0.29, 0.717) is 5.56 Å². The average Bonchev–Trinajstić information content (AvgIpc) is 2.39. The van der Waals surface area contributed by atoms with E-state index in [4.69, 9.17) is 4.74 Å². The molecule has 0 radical (unpaired) electrons. The van der Waals surface area contributed by atoms with Crippen molar-refractivity contribution >= 4 is 6.21 Å². The molecule has 92 valence electrons. The van der Waals surface area contributed by atoms with Gasteiger partial charge in [0.15, 0.2) is 0 Å². The zero-order chi connectivity index (χ0) is 12.1. The van der Waals surface area contributed by atoms with Crippen molar-refractivity contribution < 1.29 is 9.84 Å². The van der Waals surface area contributed by atoms with E-state index in [1.54, 1.807) is 31.5 Å². The molecule has 0 atom stereocenters. The van der Waals surface area contributed by atoms with Gasteiger partial charge in [-0.25, -0.2) is 0 Å². The van der Waals surface area contributed by atoms with Gasteiger partial charge in [0.1, 0.15) is 11.5 Å². The predicted molar refractivity (Wildman–Crippen MR) is 67.7 cm³/mol. The molecular formula is C13H18N2O2. The number of methoxy groups -OCH3 is 1. The number of phenolic OH excluding ortho intramolecular Hbond substituents is 1. The molecule has 4 nitrogen and oxygen atoms in total. The largest absolute Gasteiger partial charge is 0.507 e. The Morgan fingerprint density at radius 2 is 2.06 bits per heavy atom. The molecule has 4 heteroatoms. The molecule has 2 rings (SSSR count). The molecule has 0 aromatic heterocycles. The number of rotatable bonds is 3. The Balaban J connectivity index is 2.08. The first-order valence-corrected chi connectivity index (χ1v) is 5.95. The summed E-state index contributed by atoms with van der Waals surface area (Å²) in [6, 6.07) is 5.13. The highest BCUT2D eigenvalue weighted by molar-refractivity contribution is 5.83. The third-order valence-corrected chi connectivity index (χ3v) is 2.93. The zero-order valence-corrected chi connectivity index (χ0v) is 10.1. The smallest absolute Gasteiger partial charge is 0.124 e. The van der Waals surface area contributed by atoms with Gasteiger partial charge in [-0.15, -0.1) is 0 Å². The van der Waals surface area contributed by atoms with Crippen LogP contribution in [-0.2, 0) is 0 Å². The molecule has 1 fully saturated rings. The quantitative estimate of drug-likeness (QED) is 0.816. The highest BCUT2D eigenvalue weighted by atomic mass is 16.5. The standard InChI is InChI=1S/C13H18N2O2/c1-17-12-5-6-13(16)11(9-12)10-14-15-7-3-2-4-8-15/h5-6,9-10,16H,2-4,7-8H2,1H3. The summed E-state index contributed by atoms with van der Waals surface area (Å²) >= 11 is 0. The molecule has 1 aliphatic heterocycles. The van der Waals surface area contributed by atoms with E-state index in [2.05, 4.69) is 5.10 Å². The van der Waals surface area contributed by atoms with E-state index in [9.17, 15) is 5.11 Å². The zero-order valence-electron chi connectivity index (χ0n) is 10.1. The van der Waals surface area contributed by atoms with Gasteiger partial charge in [-0.2, -0.15) is 5.10 Å². The van der Waals surface area contributed by atoms with E-state index in [1.807, 2.05) is 5.01 Å². The molecule has 1 aromatic rings. The van der Waals surface area contributed by atoms with Gasteiger partial charge in [-0.1, -0.05) is 0 Å². The van der Waals surface area contributed by atoms with Gasteiger partial charge in [0.25, 0.3) is 0 Å². The number of phenols is 1. The SMILES string of the molecule is COc1ccc(O)c(C=NN2CCCCC2)c1. The maximum atomic E-state index is 9.69. The van der Waals surface area contributed by atoms with E-state index < -0.39 is 0 Å². The molecule has 1 aromatic carbocycles. The van der Waals surface area contributed by atoms with Crippen LogP contribution in [0.3, 0.4) is 0 Å². The molecule has 1 N–H and O–H groups in total. The van der Waals surface area contributed by atoms with E-state index in [-0.39, 0.29) is 5.75 Å². The average molecular weight is 234 g/mol. The number of nitrogens with zero attached hydrogens (tertiary/aromatic N) is 2. The minimum Gasteiger partial charge on any atom is -0.507 e. The van der Waals surface area contributed by atoms with Crippen LogP contribution in [0.1, 0.15) is 24.8 Å². The van der Waals surface area contributed by atoms with Crippen LogP contribution in [0.15, 0.2) is 23.3 Å². The van der Waals surface area contributed by atoms with Gasteiger partial charge in [-0.05, 0) is 37.5 Å².